The molecular formula is C40H48N6O. The van der Waals surface area contributed by atoms with Gasteiger partial charge in [0.1, 0.15) is 22.5 Å². The molecule has 4 aromatic carbocycles. The summed E-state index contributed by atoms with van der Waals surface area (Å²) in [5.41, 5.74) is 25.1. The monoisotopic (exact) mass is 628 g/mol. The molecule has 7 nitrogen and oxygen atoms in total. The van der Waals surface area contributed by atoms with Crippen molar-refractivity contribution in [2.24, 2.45) is 0 Å². The highest BCUT2D eigenvalue weighted by molar-refractivity contribution is 5.87. The summed E-state index contributed by atoms with van der Waals surface area (Å²) in [6.07, 6.45) is 0. The summed E-state index contributed by atoms with van der Waals surface area (Å²) in [6.45, 7) is 34.7. The molecular weight excluding hydrogens is 580 g/mol. The molecule has 0 bridgehead atoms. The Balaban J connectivity index is 1.52. The first-order valence-electron chi connectivity index (χ1n) is 16.5. The number of hydrogen-bond donors (Lipinski definition) is 0. The Morgan fingerprint density at radius 1 is 0.319 bits per heavy atom. The number of aromatic nitrogens is 6. The Labute approximate surface area is 279 Å². The molecule has 0 radical (unpaired) electrons. The lowest BCUT2D eigenvalue weighted by atomic mass is 9.94. The fourth-order valence-corrected chi connectivity index (χ4v) is 7.45. The first kappa shape index (κ1) is 32.4. The quantitative estimate of drug-likeness (QED) is 0.194. The molecule has 0 saturated heterocycles. The summed E-state index contributed by atoms with van der Waals surface area (Å²) >= 11 is 0. The Kier molecular flexibility index (Phi) is 7.61. The van der Waals surface area contributed by atoms with E-state index in [9.17, 15) is 0 Å². The Morgan fingerprint density at radius 3 is 0.894 bits per heavy atom. The predicted octanol–water partition coefficient (Wildman–Crippen LogP) is 9.88. The maximum absolute atomic E-state index is 7.01. The minimum Gasteiger partial charge on any atom is -0.456 e. The zero-order chi connectivity index (χ0) is 34.5. The zero-order valence-corrected chi connectivity index (χ0v) is 31.1. The summed E-state index contributed by atoms with van der Waals surface area (Å²) in [5, 5.41) is 18.8. The molecule has 2 heterocycles. The molecule has 6 rings (SSSR count). The van der Waals surface area contributed by atoms with Crippen LogP contribution in [0.15, 0.2) is 0 Å². The lowest BCUT2D eigenvalue weighted by Gasteiger charge is -2.25. The first-order valence-corrected chi connectivity index (χ1v) is 16.5. The third-order valence-corrected chi connectivity index (χ3v) is 11.8. The Hall–Kier alpha value is -4.52. The van der Waals surface area contributed by atoms with Crippen molar-refractivity contribution < 1.29 is 4.74 Å². The second kappa shape index (κ2) is 11.0. The topological polar surface area (TPSA) is 70.7 Å². The van der Waals surface area contributed by atoms with Gasteiger partial charge in [0, 0.05) is 0 Å². The second-order valence-corrected chi connectivity index (χ2v) is 13.9. The fraction of sp³-hybridized carbons (Fsp3) is 0.400. The molecule has 0 saturated carbocycles. The molecule has 0 aliphatic carbocycles. The predicted molar refractivity (Wildman–Crippen MR) is 194 cm³/mol. The lowest BCUT2D eigenvalue weighted by Crippen LogP contribution is -2.11. The van der Waals surface area contributed by atoms with Gasteiger partial charge in [-0.05, 0) is 200 Å². The minimum atomic E-state index is 0.898. The standard InChI is InChI=1S/C40H48N6O/c1-17-19(3)23(7)37-33(21(17)5)41-43-45(37)35-25(9)29(13)39(30(14)26(35)10)47-40-31(15)27(11)36(28(12)32(40)16)46-38-24(8)20(4)18(2)22(6)34(38)42-44-46/h1-16H3. The van der Waals surface area contributed by atoms with Crippen LogP contribution >= 0.6 is 0 Å². The molecule has 7 heteroatoms. The van der Waals surface area contributed by atoms with Crippen LogP contribution in [0.3, 0.4) is 0 Å². The van der Waals surface area contributed by atoms with E-state index < -0.39 is 0 Å². The highest BCUT2D eigenvalue weighted by atomic mass is 16.5. The largest absolute Gasteiger partial charge is 0.456 e. The highest BCUT2D eigenvalue weighted by Crippen LogP contribution is 2.43. The number of rotatable bonds is 4. The average molecular weight is 629 g/mol. The van der Waals surface area contributed by atoms with E-state index in [2.05, 4.69) is 121 Å². The van der Waals surface area contributed by atoms with Crippen LogP contribution in [-0.4, -0.2) is 30.0 Å². The molecule has 0 amide bonds. The van der Waals surface area contributed by atoms with Crippen molar-refractivity contribution >= 4 is 22.1 Å². The number of nitrogens with zero attached hydrogens (tertiary/aromatic N) is 6. The van der Waals surface area contributed by atoms with Gasteiger partial charge in [-0.15, -0.1) is 10.2 Å². The van der Waals surface area contributed by atoms with Gasteiger partial charge in [0.2, 0.25) is 0 Å². The fourth-order valence-electron chi connectivity index (χ4n) is 7.45. The molecule has 0 aliphatic heterocycles. The smallest absolute Gasteiger partial charge is 0.133 e. The van der Waals surface area contributed by atoms with Crippen LogP contribution in [0.1, 0.15) is 89.0 Å². The van der Waals surface area contributed by atoms with Crippen molar-refractivity contribution in [3.05, 3.63) is 89.0 Å². The van der Waals surface area contributed by atoms with Crippen LogP contribution in [0.5, 0.6) is 11.5 Å². The molecule has 0 spiro atoms. The number of hydrogen-bond acceptors (Lipinski definition) is 5. The zero-order valence-electron chi connectivity index (χ0n) is 31.1. The van der Waals surface area contributed by atoms with E-state index >= 15 is 0 Å². The molecule has 0 N–H and O–H groups in total. The molecule has 0 unspecified atom stereocenters. The van der Waals surface area contributed by atoms with Crippen LogP contribution < -0.4 is 4.74 Å². The number of ether oxygens (including phenoxy) is 1. The highest BCUT2D eigenvalue weighted by Gasteiger charge is 2.26. The van der Waals surface area contributed by atoms with Crippen molar-refractivity contribution in [2.75, 3.05) is 0 Å². The SMILES string of the molecule is Cc1c(C)c(-n2nnc3c(C)c(C)c(C)c(C)c32)c(C)c(C)c1Oc1c(C)c(C)c(-n2nnc3c(C)c(C)c(C)c(C)c32)c(C)c1C. The van der Waals surface area contributed by atoms with Crippen molar-refractivity contribution in [1.82, 2.24) is 30.0 Å². The molecule has 6 aromatic rings. The summed E-state index contributed by atoms with van der Waals surface area (Å²) in [5.74, 6) is 1.80. The van der Waals surface area contributed by atoms with E-state index in [0.717, 1.165) is 89.4 Å². The van der Waals surface area contributed by atoms with Crippen molar-refractivity contribution in [2.45, 2.75) is 111 Å². The molecule has 0 aliphatic rings. The summed E-state index contributed by atoms with van der Waals surface area (Å²) in [6, 6.07) is 0. The van der Waals surface area contributed by atoms with E-state index in [4.69, 9.17) is 15.2 Å². The normalized spacial score (nSPS) is 11.8. The van der Waals surface area contributed by atoms with Gasteiger partial charge in [0.05, 0.1) is 22.4 Å². The van der Waals surface area contributed by atoms with E-state index in [-0.39, 0.29) is 0 Å². The third kappa shape index (κ3) is 4.38. The number of benzene rings is 4. The van der Waals surface area contributed by atoms with Crippen LogP contribution in [-0.2, 0) is 0 Å². The van der Waals surface area contributed by atoms with Crippen molar-refractivity contribution in [3.8, 4) is 22.9 Å². The Morgan fingerprint density at radius 2 is 0.596 bits per heavy atom. The van der Waals surface area contributed by atoms with Gasteiger partial charge in [-0.2, -0.15) is 0 Å². The molecule has 2 aromatic heterocycles. The van der Waals surface area contributed by atoms with Crippen molar-refractivity contribution in [3.63, 3.8) is 0 Å². The Bertz CT molecular complexity index is 2110. The second-order valence-electron chi connectivity index (χ2n) is 13.9. The lowest BCUT2D eigenvalue weighted by molar-refractivity contribution is 0.465. The van der Waals surface area contributed by atoms with Crippen LogP contribution in [0.25, 0.3) is 33.4 Å². The number of aryl methyl sites for hydroxylation is 4. The summed E-state index contributed by atoms with van der Waals surface area (Å²) < 4.78 is 11.1. The minimum absolute atomic E-state index is 0.898. The molecule has 0 atom stereocenters. The van der Waals surface area contributed by atoms with Gasteiger partial charge in [0.15, 0.2) is 0 Å². The van der Waals surface area contributed by atoms with Gasteiger partial charge in [-0.25, -0.2) is 9.36 Å². The van der Waals surface area contributed by atoms with Gasteiger partial charge in [0.25, 0.3) is 0 Å². The summed E-state index contributed by atoms with van der Waals surface area (Å²) in [7, 11) is 0. The third-order valence-electron chi connectivity index (χ3n) is 11.8. The van der Waals surface area contributed by atoms with E-state index in [1.807, 2.05) is 9.36 Å². The van der Waals surface area contributed by atoms with Gasteiger partial charge in [-0.1, -0.05) is 10.4 Å². The van der Waals surface area contributed by atoms with E-state index in [0.29, 0.717) is 0 Å². The molecule has 0 fully saturated rings. The van der Waals surface area contributed by atoms with Crippen LogP contribution in [0.4, 0.5) is 0 Å². The molecule has 244 valence electrons. The van der Waals surface area contributed by atoms with E-state index in [1.54, 1.807) is 0 Å². The molecule has 47 heavy (non-hydrogen) atoms. The van der Waals surface area contributed by atoms with Crippen LogP contribution in [0.2, 0.25) is 0 Å². The van der Waals surface area contributed by atoms with Gasteiger partial charge < -0.3 is 4.74 Å². The van der Waals surface area contributed by atoms with Crippen molar-refractivity contribution in [1.29, 1.82) is 0 Å². The maximum atomic E-state index is 7.01. The van der Waals surface area contributed by atoms with Gasteiger partial charge in [-0.3, -0.25) is 0 Å². The maximum Gasteiger partial charge on any atom is 0.133 e. The first-order chi connectivity index (χ1) is 22.0. The summed E-state index contributed by atoms with van der Waals surface area (Å²) in [4.78, 5) is 0. The number of fused-ring (bicyclic) bond motifs is 2. The van der Waals surface area contributed by atoms with Crippen LogP contribution in [0, 0.1) is 111 Å². The van der Waals surface area contributed by atoms with Gasteiger partial charge >= 0.3 is 0 Å². The van der Waals surface area contributed by atoms with E-state index in [1.165, 1.54) is 44.5 Å². The average Bonchev–Trinajstić information content (AvgIpc) is 3.68.